The summed E-state index contributed by atoms with van der Waals surface area (Å²) in [7, 11) is 0. The van der Waals surface area contributed by atoms with Gasteiger partial charge >= 0.3 is 6.09 Å². The minimum atomic E-state index is -0.513. The molecule has 0 heterocycles. The molecule has 1 amide bonds. The van der Waals surface area contributed by atoms with Crippen molar-refractivity contribution in [2.24, 2.45) is 11.1 Å². The summed E-state index contributed by atoms with van der Waals surface area (Å²) in [6, 6.07) is 8.85. The lowest BCUT2D eigenvalue weighted by atomic mass is 9.94. The van der Waals surface area contributed by atoms with E-state index >= 15 is 0 Å². The normalized spacial score (nSPS) is 10.7. The molecule has 0 aliphatic rings. The molecule has 0 bridgehead atoms. The maximum absolute atomic E-state index is 11.5. The fraction of sp³-hybridized carbons (Fsp3) is 0.333. The predicted octanol–water partition coefficient (Wildman–Crippen LogP) is 2.09. The third-order valence-corrected chi connectivity index (χ3v) is 2.85. The molecule has 0 saturated heterocycles. The van der Waals surface area contributed by atoms with Gasteiger partial charge in [0, 0.05) is 12.0 Å². The Balaban J connectivity index is 2.44. The molecule has 0 aliphatic carbocycles. The van der Waals surface area contributed by atoms with Crippen molar-refractivity contribution >= 4 is 23.3 Å². The largest absolute Gasteiger partial charge is 0.412 e. The van der Waals surface area contributed by atoms with Gasteiger partial charge in [-0.3, -0.25) is 0 Å². The van der Waals surface area contributed by atoms with E-state index < -0.39 is 11.5 Å². The highest BCUT2D eigenvalue weighted by molar-refractivity contribution is 7.80. The van der Waals surface area contributed by atoms with Gasteiger partial charge in [-0.05, 0) is 12.1 Å². The average molecular weight is 252 g/mol. The summed E-state index contributed by atoms with van der Waals surface area (Å²) < 4.78 is 5.06. The quantitative estimate of drug-likeness (QED) is 0.805. The molecule has 0 aliphatic heterocycles. The molecule has 0 atom stereocenters. The number of carbonyl (C=O) groups is 1. The number of amides is 1. The van der Waals surface area contributed by atoms with Crippen LogP contribution in [0.5, 0.6) is 5.75 Å². The van der Waals surface area contributed by atoms with E-state index in [0.717, 1.165) is 0 Å². The SMILES string of the molecule is CC(C)(CNC(=O)Oc1ccccc1)C(N)=S. The van der Waals surface area contributed by atoms with Crippen molar-refractivity contribution in [3.8, 4) is 5.75 Å². The number of carbonyl (C=O) groups excluding carboxylic acids is 1. The fourth-order valence-electron chi connectivity index (χ4n) is 1.01. The Bertz CT molecular complexity index is 404. The molecule has 4 nitrogen and oxygen atoms in total. The molecule has 1 rings (SSSR count). The van der Waals surface area contributed by atoms with Crippen LogP contribution in [0, 0.1) is 5.41 Å². The number of para-hydroxylation sites is 1. The summed E-state index contributed by atoms with van der Waals surface area (Å²) in [5.41, 5.74) is 5.12. The molecule has 5 heteroatoms. The van der Waals surface area contributed by atoms with Crippen LogP contribution in [0.25, 0.3) is 0 Å². The Morgan fingerprint density at radius 2 is 2.00 bits per heavy atom. The number of ether oxygens (including phenoxy) is 1. The second kappa shape index (κ2) is 5.63. The van der Waals surface area contributed by atoms with Crippen LogP contribution in [0.15, 0.2) is 30.3 Å². The summed E-state index contributed by atoms with van der Waals surface area (Å²) in [6.45, 7) is 4.06. The molecule has 17 heavy (non-hydrogen) atoms. The van der Waals surface area contributed by atoms with Gasteiger partial charge in [-0.1, -0.05) is 44.3 Å². The number of benzene rings is 1. The van der Waals surface area contributed by atoms with Gasteiger partial charge in [0.1, 0.15) is 5.75 Å². The summed E-state index contributed by atoms with van der Waals surface area (Å²) in [4.78, 5) is 11.8. The summed E-state index contributed by atoms with van der Waals surface area (Å²) in [5.74, 6) is 0.498. The molecular formula is C12H16N2O2S. The Morgan fingerprint density at radius 1 is 1.41 bits per heavy atom. The van der Waals surface area contributed by atoms with Gasteiger partial charge in [0.2, 0.25) is 0 Å². The Kier molecular flexibility index (Phi) is 4.45. The molecule has 0 spiro atoms. The third kappa shape index (κ3) is 4.40. The molecular weight excluding hydrogens is 236 g/mol. The van der Waals surface area contributed by atoms with Crippen LogP contribution >= 0.6 is 12.2 Å². The van der Waals surface area contributed by atoms with Crippen molar-refractivity contribution in [2.75, 3.05) is 6.54 Å². The van der Waals surface area contributed by atoms with Crippen LogP contribution in [-0.2, 0) is 0 Å². The third-order valence-electron chi connectivity index (χ3n) is 2.30. The smallest absolute Gasteiger partial charge is 0.410 e. The first kappa shape index (κ1) is 13.4. The first-order chi connectivity index (χ1) is 7.92. The van der Waals surface area contributed by atoms with Crippen LogP contribution in [-0.4, -0.2) is 17.6 Å². The summed E-state index contributed by atoms with van der Waals surface area (Å²) in [5, 5.41) is 2.62. The number of thiocarbonyl (C=S) groups is 1. The van der Waals surface area contributed by atoms with Crippen molar-refractivity contribution in [1.29, 1.82) is 0 Å². The molecule has 0 aromatic heterocycles. The van der Waals surface area contributed by atoms with Crippen molar-refractivity contribution in [2.45, 2.75) is 13.8 Å². The van der Waals surface area contributed by atoms with Crippen LogP contribution in [0.4, 0.5) is 4.79 Å². The van der Waals surface area contributed by atoms with Crippen molar-refractivity contribution in [3.05, 3.63) is 30.3 Å². The van der Waals surface area contributed by atoms with E-state index in [4.69, 9.17) is 22.7 Å². The van der Waals surface area contributed by atoms with E-state index in [1.165, 1.54) is 0 Å². The number of hydrogen-bond acceptors (Lipinski definition) is 3. The van der Waals surface area contributed by atoms with Crippen molar-refractivity contribution in [3.63, 3.8) is 0 Å². The number of nitrogens with two attached hydrogens (primary N) is 1. The maximum Gasteiger partial charge on any atom is 0.412 e. The second-order valence-electron chi connectivity index (χ2n) is 4.30. The zero-order chi connectivity index (χ0) is 12.9. The highest BCUT2D eigenvalue weighted by Crippen LogP contribution is 2.14. The first-order valence-electron chi connectivity index (χ1n) is 5.22. The van der Waals surface area contributed by atoms with Gasteiger partial charge in [-0.25, -0.2) is 4.79 Å². The van der Waals surface area contributed by atoms with Crippen LogP contribution in [0.1, 0.15) is 13.8 Å². The molecule has 1 aromatic rings. The zero-order valence-electron chi connectivity index (χ0n) is 9.90. The zero-order valence-corrected chi connectivity index (χ0v) is 10.7. The molecule has 0 unspecified atom stereocenters. The lowest BCUT2D eigenvalue weighted by Gasteiger charge is -2.22. The van der Waals surface area contributed by atoms with E-state index in [-0.39, 0.29) is 0 Å². The van der Waals surface area contributed by atoms with Gasteiger partial charge in [0.05, 0.1) is 4.99 Å². The molecule has 92 valence electrons. The summed E-state index contributed by atoms with van der Waals surface area (Å²) in [6.07, 6.45) is -0.513. The molecule has 0 radical (unpaired) electrons. The topological polar surface area (TPSA) is 64.3 Å². The predicted molar refractivity (Wildman–Crippen MR) is 71.0 cm³/mol. The standard InChI is InChI=1S/C12H16N2O2S/c1-12(2,10(13)17)8-14-11(15)16-9-6-4-3-5-7-9/h3-7H,8H2,1-2H3,(H2,13,17)(H,14,15). The fourth-order valence-corrected chi connectivity index (χ4v) is 1.08. The molecule has 1 aromatic carbocycles. The Labute approximate surface area is 106 Å². The molecule has 0 saturated carbocycles. The number of hydrogen-bond donors (Lipinski definition) is 2. The Morgan fingerprint density at radius 3 is 2.53 bits per heavy atom. The monoisotopic (exact) mass is 252 g/mol. The highest BCUT2D eigenvalue weighted by atomic mass is 32.1. The van der Waals surface area contributed by atoms with Crippen LogP contribution < -0.4 is 15.8 Å². The Hall–Kier alpha value is -1.62. The lowest BCUT2D eigenvalue weighted by Crippen LogP contribution is -2.42. The van der Waals surface area contributed by atoms with Gasteiger partial charge < -0.3 is 15.8 Å². The van der Waals surface area contributed by atoms with E-state index in [1.54, 1.807) is 24.3 Å². The average Bonchev–Trinajstić information content (AvgIpc) is 2.28. The van der Waals surface area contributed by atoms with Crippen LogP contribution in [0.3, 0.4) is 0 Å². The summed E-state index contributed by atoms with van der Waals surface area (Å²) >= 11 is 4.90. The number of nitrogens with one attached hydrogen (secondary N) is 1. The van der Waals surface area contributed by atoms with Crippen molar-refractivity contribution in [1.82, 2.24) is 5.32 Å². The van der Waals surface area contributed by atoms with Gasteiger partial charge in [-0.15, -0.1) is 0 Å². The molecule has 3 N–H and O–H groups in total. The van der Waals surface area contributed by atoms with E-state index in [1.807, 2.05) is 19.9 Å². The van der Waals surface area contributed by atoms with Gasteiger partial charge in [0.15, 0.2) is 0 Å². The molecule has 0 fully saturated rings. The van der Waals surface area contributed by atoms with Crippen molar-refractivity contribution < 1.29 is 9.53 Å². The van der Waals surface area contributed by atoms with Gasteiger partial charge in [0.25, 0.3) is 0 Å². The lowest BCUT2D eigenvalue weighted by molar-refractivity contribution is 0.197. The van der Waals surface area contributed by atoms with Gasteiger partial charge in [-0.2, -0.15) is 0 Å². The van der Waals surface area contributed by atoms with Crippen LogP contribution in [0.2, 0.25) is 0 Å². The maximum atomic E-state index is 11.5. The minimum Gasteiger partial charge on any atom is -0.410 e. The van der Waals surface area contributed by atoms with E-state index in [9.17, 15) is 4.79 Å². The van der Waals surface area contributed by atoms with E-state index in [0.29, 0.717) is 17.3 Å². The first-order valence-corrected chi connectivity index (χ1v) is 5.63. The number of rotatable bonds is 4. The minimum absolute atomic E-state index is 0.341. The van der Waals surface area contributed by atoms with E-state index in [2.05, 4.69) is 5.32 Å². The highest BCUT2D eigenvalue weighted by Gasteiger charge is 2.22. The second-order valence-corrected chi connectivity index (χ2v) is 4.74.